The van der Waals surface area contributed by atoms with Gasteiger partial charge in [0.2, 0.25) is 0 Å². The first-order chi connectivity index (χ1) is 12.0. The molecule has 3 rings (SSSR count). The normalized spacial score (nSPS) is 11.0. The number of halogens is 2. The minimum atomic E-state index is -0.416. The Kier molecular flexibility index (Phi) is 5.46. The van der Waals surface area contributed by atoms with Crippen molar-refractivity contribution in [2.45, 2.75) is 19.4 Å². The molecule has 5 nitrogen and oxygen atoms in total. The van der Waals surface area contributed by atoms with Gasteiger partial charge in [-0.2, -0.15) is 0 Å². The molecule has 1 aromatic heterocycles. The van der Waals surface area contributed by atoms with E-state index in [9.17, 15) is 9.59 Å². The Labute approximate surface area is 153 Å². The van der Waals surface area contributed by atoms with E-state index in [4.69, 9.17) is 32.4 Å². The van der Waals surface area contributed by atoms with Crippen LogP contribution in [0.15, 0.2) is 51.7 Å². The Bertz CT molecular complexity index is 961. The third-order valence-corrected chi connectivity index (χ3v) is 4.30. The van der Waals surface area contributed by atoms with Crippen molar-refractivity contribution in [3.8, 4) is 0 Å². The van der Waals surface area contributed by atoms with Crippen molar-refractivity contribution in [3.63, 3.8) is 0 Å². The van der Waals surface area contributed by atoms with Gasteiger partial charge in [0.1, 0.15) is 0 Å². The molecule has 0 spiro atoms. The fourth-order valence-corrected chi connectivity index (χ4v) is 2.98. The number of carbonyl (C=O) groups excluding carboxylic acids is 1. The maximum absolute atomic E-state index is 11.9. The summed E-state index contributed by atoms with van der Waals surface area (Å²) in [6, 6.07) is 12.2. The molecule has 0 amide bonds. The molecule has 0 aliphatic heterocycles. The van der Waals surface area contributed by atoms with Gasteiger partial charge in [0.15, 0.2) is 5.58 Å². The van der Waals surface area contributed by atoms with E-state index in [-0.39, 0.29) is 19.0 Å². The summed E-state index contributed by atoms with van der Waals surface area (Å²) >= 11 is 11.9. The van der Waals surface area contributed by atoms with E-state index >= 15 is 0 Å². The number of para-hydroxylation sites is 2. The number of esters is 1. The molecule has 1 heterocycles. The van der Waals surface area contributed by atoms with Gasteiger partial charge in [0, 0.05) is 16.6 Å². The molecule has 0 fully saturated rings. The van der Waals surface area contributed by atoms with Crippen LogP contribution in [0.2, 0.25) is 10.0 Å². The van der Waals surface area contributed by atoms with Crippen LogP contribution < -0.4 is 5.76 Å². The quantitative estimate of drug-likeness (QED) is 0.478. The number of hydrogen-bond acceptors (Lipinski definition) is 4. The summed E-state index contributed by atoms with van der Waals surface area (Å²) in [6.45, 7) is 0.612. The minimum absolute atomic E-state index is 0.0740. The van der Waals surface area contributed by atoms with E-state index in [1.165, 1.54) is 4.57 Å². The van der Waals surface area contributed by atoms with E-state index in [1.807, 2.05) is 12.1 Å². The summed E-state index contributed by atoms with van der Waals surface area (Å²) in [5.74, 6) is -0.797. The average Bonchev–Trinajstić information content (AvgIpc) is 2.90. The fourth-order valence-electron chi connectivity index (χ4n) is 2.51. The number of nitrogens with zero attached hydrogens (tertiary/aromatic N) is 1. The molecule has 0 saturated carbocycles. The Balaban J connectivity index is 1.52. The smallest absolute Gasteiger partial charge is 0.419 e. The highest BCUT2D eigenvalue weighted by atomic mass is 35.5. The van der Waals surface area contributed by atoms with Crippen molar-refractivity contribution >= 4 is 40.3 Å². The van der Waals surface area contributed by atoms with Crippen LogP contribution in [0.25, 0.3) is 11.1 Å². The molecule has 25 heavy (non-hydrogen) atoms. The Hall–Kier alpha value is -2.24. The number of aromatic nitrogens is 1. The predicted molar refractivity (Wildman–Crippen MR) is 96.2 cm³/mol. The van der Waals surface area contributed by atoms with Gasteiger partial charge in [-0.15, -0.1) is 0 Å². The summed E-state index contributed by atoms with van der Waals surface area (Å²) in [4.78, 5) is 23.7. The van der Waals surface area contributed by atoms with Crippen molar-refractivity contribution < 1.29 is 13.9 Å². The average molecular weight is 380 g/mol. The topological polar surface area (TPSA) is 61.4 Å². The maximum Gasteiger partial charge on any atom is 0.419 e. The predicted octanol–water partition coefficient (Wildman–Crippen LogP) is 4.08. The van der Waals surface area contributed by atoms with E-state index in [0.29, 0.717) is 34.2 Å². The van der Waals surface area contributed by atoms with E-state index < -0.39 is 5.76 Å². The number of carbonyl (C=O) groups is 1. The molecular weight excluding hydrogens is 365 g/mol. The molecule has 2 aromatic carbocycles. The lowest BCUT2D eigenvalue weighted by Gasteiger charge is -2.07. The monoisotopic (exact) mass is 379 g/mol. The Morgan fingerprint density at radius 3 is 2.76 bits per heavy atom. The van der Waals surface area contributed by atoms with Crippen LogP contribution in [-0.2, 0) is 22.5 Å². The first-order valence-corrected chi connectivity index (χ1v) is 8.48. The van der Waals surface area contributed by atoms with Gasteiger partial charge in [-0.25, -0.2) is 4.79 Å². The third kappa shape index (κ3) is 4.24. The SMILES string of the molecule is O=C(Cc1ccc(Cl)cc1Cl)OCCCn1c(=O)oc2ccccc21. The van der Waals surface area contributed by atoms with Gasteiger partial charge < -0.3 is 9.15 Å². The standard InChI is InChI=1S/C18H15Cl2NO4/c19-13-7-6-12(14(20)11-13)10-17(22)24-9-3-8-21-15-4-1-2-5-16(15)25-18(21)23/h1-2,4-7,11H,3,8-10H2. The lowest BCUT2D eigenvalue weighted by Crippen LogP contribution is -2.16. The lowest BCUT2D eigenvalue weighted by molar-refractivity contribution is -0.142. The first kappa shape index (κ1) is 17.6. The van der Waals surface area contributed by atoms with Crippen molar-refractivity contribution in [1.29, 1.82) is 0 Å². The summed E-state index contributed by atoms with van der Waals surface area (Å²) in [5.41, 5.74) is 1.93. The summed E-state index contributed by atoms with van der Waals surface area (Å²) in [6.07, 6.45) is 0.577. The van der Waals surface area contributed by atoms with Crippen LogP contribution in [-0.4, -0.2) is 17.1 Å². The fraction of sp³-hybridized carbons (Fsp3) is 0.222. The number of benzene rings is 2. The summed E-state index contributed by atoms with van der Waals surface area (Å²) < 4.78 is 11.9. The largest absolute Gasteiger partial charge is 0.465 e. The zero-order valence-corrected chi connectivity index (χ0v) is 14.7. The molecule has 0 aliphatic rings. The molecule has 0 atom stereocenters. The zero-order chi connectivity index (χ0) is 17.8. The van der Waals surface area contributed by atoms with Crippen molar-refractivity contribution in [2.24, 2.45) is 0 Å². The molecule has 7 heteroatoms. The van der Waals surface area contributed by atoms with Gasteiger partial charge in [-0.3, -0.25) is 9.36 Å². The Morgan fingerprint density at radius 2 is 1.96 bits per heavy atom. The maximum atomic E-state index is 11.9. The lowest BCUT2D eigenvalue weighted by atomic mass is 10.1. The van der Waals surface area contributed by atoms with Gasteiger partial charge in [0.25, 0.3) is 0 Å². The number of ether oxygens (including phenoxy) is 1. The second kappa shape index (κ2) is 7.76. The highest BCUT2D eigenvalue weighted by molar-refractivity contribution is 6.35. The van der Waals surface area contributed by atoms with Gasteiger partial charge in [0.05, 0.1) is 18.5 Å². The first-order valence-electron chi connectivity index (χ1n) is 7.72. The van der Waals surface area contributed by atoms with Crippen molar-refractivity contribution in [2.75, 3.05) is 6.61 Å². The molecule has 0 saturated heterocycles. The van der Waals surface area contributed by atoms with Crippen molar-refractivity contribution in [1.82, 2.24) is 4.57 Å². The van der Waals surface area contributed by atoms with Gasteiger partial charge >= 0.3 is 11.7 Å². The molecule has 0 aliphatic carbocycles. The summed E-state index contributed by atoms with van der Waals surface area (Å²) in [7, 11) is 0. The van der Waals surface area contributed by atoms with Gasteiger partial charge in [-0.1, -0.05) is 41.4 Å². The van der Waals surface area contributed by atoms with E-state index in [1.54, 1.807) is 30.3 Å². The van der Waals surface area contributed by atoms with Crippen LogP contribution in [0.4, 0.5) is 0 Å². The molecule has 0 N–H and O–H groups in total. The number of aryl methyl sites for hydroxylation is 1. The van der Waals surface area contributed by atoms with Crippen LogP contribution in [0, 0.1) is 0 Å². The van der Waals surface area contributed by atoms with Crippen molar-refractivity contribution in [3.05, 3.63) is 68.6 Å². The van der Waals surface area contributed by atoms with E-state index in [2.05, 4.69) is 0 Å². The van der Waals surface area contributed by atoms with Crippen LogP contribution >= 0.6 is 23.2 Å². The second-order valence-corrected chi connectivity index (χ2v) is 6.32. The van der Waals surface area contributed by atoms with Crippen LogP contribution in [0.1, 0.15) is 12.0 Å². The Morgan fingerprint density at radius 1 is 1.16 bits per heavy atom. The number of hydrogen-bond donors (Lipinski definition) is 0. The number of oxazole rings is 1. The molecule has 130 valence electrons. The van der Waals surface area contributed by atoms with Gasteiger partial charge in [-0.05, 0) is 36.2 Å². The number of fused-ring (bicyclic) bond motifs is 1. The number of rotatable bonds is 6. The second-order valence-electron chi connectivity index (χ2n) is 5.47. The van der Waals surface area contributed by atoms with E-state index in [0.717, 1.165) is 5.52 Å². The van der Waals surface area contributed by atoms with Crippen LogP contribution in [0.3, 0.4) is 0 Å². The van der Waals surface area contributed by atoms with Crippen LogP contribution in [0.5, 0.6) is 0 Å². The molecular formula is C18H15Cl2NO4. The third-order valence-electron chi connectivity index (χ3n) is 3.71. The molecule has 0 bridgehead atoms. The molecule has 3 aromatic rings. The zero-order valence-electron chi connectivity index (χ0n) is 13.2. The highest BCUT2D eigenvalue weighted by Crippen LogP contribution is 2.21. The summed E-state index contributed by atoms with van der Waals surface area (Å²) in [5, 5.41) is 0.945. The molecule has 0 radical (unpaired) electrons. The molecule has 0 unspecified atom stereocenters. The highest BCUT2D eigenvalue weighted by Gasteiger charge is 2.10. The minimum Gasteiger partial charge on any atom is -0.465 e.